The van der Waals surface area contributed by atoms with E-state index >= 15 is 8.78 Å². The Kier molecular flexibility index (Phi) is 47.5. The van der Waals surface area contributed by atoms with E-state index < -0.39 is 22.8 Å². The molecule has 0 spiro atoms. The minimum Gasteiger partial charge on any atom is -0.481 e. The molecule has 0 amide bonds. The molecular formula is C96H152Br2F2N2O2S5. The van der Waals surface area contributed by atoms with E-state index in [0.717, 1.165) is 113 Å². The summed E-state index contributed by atoms with van der Waals surface area (Å²) in [4.78, 5) is 5.83. The van der Waals surface area contributed by atoms with Crippen LogP contribution in [-0.4, -0.2) is 8.75 Å². The average molecular weight is 1720 g/mol. The number of rotatable bonds is 70. The van der Waals surface area contributed by atoms with E-state index in [1.165, 1.54) is 385 Å². The van der Waals surface area contributed by atoms with Crippen LogP contribution < -0.4 is 9.47 Å². The molecule has 4 nitrogen and oxygen atoms in total. The molecule has 0 saturated carbocycles. The fourth-order valence-corrected chi connectivity index (χ4v) is 24.4. The van der Waals surface area contributed by atoms with Crippen molar-refractivity contribution in [3.63, 3.8) is 0 Å². The van der Waals surface area contributed by atoms with Gasteiger partial charge in [-0.3, -0.25) is 0 Å². The molecule has 8 rings (SSSR count). The van der Waals surface area contributed by atoms with Gasteiger partial charge in [0.1, 0.15) is 33.7 Å². The van der Waals surface area contributed by atoms with E-state index in [2.05, 4.69) is 83.8 Å². The molecule has 6 aromatic rings. The molecule has 5 aromatic heterocycles. The van der Waals surface area contributed by atoms with Gasteiger partial charge in [-0.15, -0.1) is 45.3 Å². The van der Waals surface area contributed by atoms with Crippen LogP contribution in [0.4, 0.5) is 8.78 Å². The molecule has 109 heavy (non-hydrogen) atoms. The van der Waals surface area contributed by atoms with E-state index in [1.54, 1.807) is 45.3 Å². The van der Waals surface area contributed by atoms with Crippen molar-refractivity contribution in [3.8, 4) is 51.9 Å². The quantitative estimate of drug-likeness (QED) is 0.0357. The van der Waals surface area contributed by atoms with E-state index in [0.29, 0.717) is 20.8 Å². The summed E-state index contributed by atoms with van der Waals surface area (Å²) >= 11 is 15.4. The van der Waals surface area contributed by atoms with Crippen LogP contribution in [0.25, 0.3) is 51.4 Å². The van der Waals surface area contributed by atoms with Crippen LogP contribution in [0.3, 0.4) is 0 Å². The van der Waals surface area contributed by atoms with Gasteiger partial charge in [-0.05, 0) is 95.4 Å². The molecule has 13 heteroatoms. The summed E-state index contributed by atoms with van der Waals surface area (Å²) in [6.07, 6.45) is 89.0. The van der Waals surface area contributed by atoms with E-state index in [4.69, 9.17) is 18.2 Å². The first-order chi connectivity index (χ1) is 53.7. The number of halogens is 4. The predicted octanol–water partition coefficient (Wildman–Crippen LogP) is 38.2. The molecule has 0 fully saturated rings. The smallest absolute Gasteiger partial charge is 0.170 e. The Morgan fingerprint density at radius 2 is 0.477 bits per heavy atom. The van der Waals surface area contributed by atoms with Crippen LogP contribution in [0.15, 0.2) is 31.8 Å². The highest BCUT2D eigenvalue weighted by Crippen LogP contribution is 2.61. The summed E-state index contributed by atoms with van der Waals surface area (Å²) in [5.41, 5.74) is 2.50. The summed E-state index contributed by atoms with van der Waals surface area (Å²) in [5, 5.41) is 0. The minimum atomic E-state index is -0.835. The van der Waals surface area contributed by atoms with Gasteiger partial charge in [-0.25, -0.2) is 8.78 Å². The fourth-order valence-electron chi connectivity index (χ4n) is 18.0. The first kappa shape index (κ1) is 92.8. The van der Waals surface area contributed by atoms with Gasteiger partial charge in [0.2, 0.25) is 0 Å². The third-order valence-electron chi connectivity index (χ3n) is 24.6. The molecule has 0 bridgehead atoms. The lowest BCUT2D eigenvalue weighted by atomic mass is 9.81. The van der Waals surface area contributed by atoms with E-state index in [1.807, 2.05) is 0 Å². The van der Waals surface area contributed by atoms with Crippen LogP contribution >= 0.6 is 88.9 Å². The van der Waals surface area contributed by atoms with Gasteiger partial charge in [0, 0.05) is 33.0 Å². The number of nitrogens with zero attached hydrogens (tertiary/aromatic N) is 2. The van der Waals surface area contributed by atoms with Crippen molar-refractivity contribution in [2.24, 2.45) is 0 Å². The molecule has 616 valence electrons. The van der Waals surface area contributed by atoms with Crippen LogP contribution in [0.2, 0.25) is 0 Å². The van der Waals surface area contributed by atoms with Crippen molar-refractivity contribution in [2.75, 3.05) is 0 Å². The molecular weight excluding hydrogens is 1570 g/mol. The van der Waals surface area contributed by atoms with Crippen LogP contribution in [-0.2, 0) is 11.2 Å². The van der Waals surface area contributed by atoms with Gasteiger partial charge in [0.25, 0.3) is 0 Å². The number of hydrogen-bond donors (Lipinski definition) is 0. The molecule has 0 aliphatic carbocycles. The van der Waals surface area contributed by atoms with Crippen molar-refractivity contribution >= 4 is 100.0 Å². The highest BCUT2D eigenvalue weighted by Gasteiger charge is 2.46. The number of fused-ring (bicyclic) bond motifs is 7. The Morgan fingerprint density at radius 3 is 0.688 bits per heavy atom. The maximum Gasteiger partial charge on any atom is 0.170 e. The molecule has 0 N–H and O–H groups in total. The summed E-state index contributed by atoms with van der Waals surface area (Å²) < 4.78 is 63.3. The van der Waals surface area contributed by atoms with Crippen LogP contribution in [0.1, 0.15) is 475 Å². The normalized spacial score (nSPS) is 13.5. The molecule has 0 atom stereocenters. The molecule has 7 heterocycles. The van der Waals surface area contributed by atoms with E-state index in [-0.39, 0.29) is 11.1 Å². The monoisotopic (exact) mass is 1720 g/mol. The Balaban J connectivity index is 0.974. The number of aromatic nitrogens is 2. The number of unbranched alkanes of at least 4 members (excludes halogenated alkanes) is 60. The highest BCUT2D eigenvalue weighted by molar-refractivity contribution is 9.11. The summed E-state index contributed by atoms with van der Waals surface area (Å²) in [6.45, 7) is 9.22. The SMILES string of the molecule is CCCCCCCCCCCCCCCCCCC1(CCCCCCCCCCCCCCCCCC)Oc2cc(Br)sc2-c2sc(-c3c(F)c(F)c(-c4cc5c(s4)-c4sc(Br)cc4OC5(CCCCCCCCCCCCCCCCCC)CCCCCCCCCCCCCCCCCC)c4nsnc34)cc21. The topological polar surface area (TPSA) is 44.2 Å². The first-order valence-corrected chi connectivity index (χ1v) is 52.2. The zero-order valence-corrected chi connectivity index (χ0v) is 76.9. The maximum atomic E-state index is 18.2. The van der Waals surface area contributed by atoms with Crippen molar-refractivity contribution < 1.29 is 18.3 Å². The van der Waals surface area contributed by atoms with Crippen LogP contribution in [0, 0.1) is 11.6 Å². The maximum absolute atomic E-state index is 18.2. The Labute approximate surface area is 703 Å². The minimum absolute atomic E-state index is 0.232. The second-order valence-corrected chi connectivity index (χ2v) is 41.4. The third kappa shape index (κ3) is 31.9. The Hall–Kier alpha value is -1.74. The van der Waals surface area contributed by atoms with Crippen LogP contribution in [0.5, 0.6) is 11.5 Å². The second-order valence-electron chi connectivity index (χ2n) is 33.9. The molecule has 2 aliphatic heterocycles. The Morgan fingerprint density at radius 1 is 0.275 bits per heavy atom. The van der Waals surface area contributed by atoms with Crippen molar-refractivity contribution in [1.82, 2.24) is 8.75 Å². The van der Waals surface area contributed by atoms with E-state index in [9.17, 15) is 0 Å². The van der Waals surface area contributed by atoms with Gasteiger partial charge in [0.05, 0.1) is 49.9 Å². The summed E-state index contributed by atoms with van der Waals surface area (Å²) in [6, 6.07) is 8.73. The molecule has 2 aliphatic rings. The average Bonchev–Trinajstić information content (AvgIpc) is 1.57. The molecule has 1 aromatic carbocycles. The van der Waals surface area contributed by atoms with Gasteiger partial charge in [-0.2, -0.15) is 8.75 Å². The van der Waals surface area contributed by atoms with Crippen molar-refractivity contribution in [2.45, 2.75) is 476 Å². The van der Waals surface area contributed by atoms with Gasteiger partial charge < -0.3 is 9.47 Å². The van der Waals surface area contributed by atoms with Gasteiger partial charge in [0.15, 0.2) is 11.6 Å². The number of hydrogen-bond acceptors (Lipinski definition) is 9. The fraction of sp³-hybridized carbons (Fsp3) is 0.771. The molecule has 0 radical (unpaired) electrons. The standard InChI is InChI=1S/C96H152Br2F2N2O2S5/c1-5-9-13-17-21-25-29-33-37-41-45-49-53-57-61-65-69-95(70-66-62-58-54-50-46-42-38-34-30-26-22-18-14-10-6-2)77-73-81(105-91(77)93-79(103-95)75-83(97)107-93)85-87(99)88(100)86(90-89(85)101-109-102-90)82-74-78-92(106-82)94-80(76-84(98)108-94)104-96(78,71-67-63-59-55-51-47-43-39-35-31-27-23-19-15-11-7-3)72-68-64-60-56-52-48-44-40-36-32-28-24-20-16-12-8-4/h73-76H,5-72H2,1-4H3. The lowest BCUT2D eigenvalue weighted by Gasteiger charge is -2.38. The van der Waals surface area contributed by atoms with Crippen molar-refractivity contribution in [3.05, 3.63) is 54.6 Å². The largest absolute Gasteiger partial charge is 0.481 e. The summed E-state index contributed by atoms with van der Waals surface area (Å²) in [5.74, 6) is 0.164. The third-order valence-corrected chi connectivity index (χ3v) is 31.0. The zero-order valence-electron chi connectivity index (χ0n) is 69.7. The van der Waals surface area contributed by atoms with Crippen molar-refractivity contribution in [1.29, 1.82) is 0 Å². The number of ether oxygens (including phenoxy) is 2. The predicted molar refractivity (Wildman–Crippen MR) is 487 cm³/mol. The first-order valence-electron chi connectivity index (χ1n) is 46.6. The van der Waals surface area contributed by atoms with Gasteiger partial charge >= 0.3 is 0 Å². The summed E-state index contributed by atoms with van der Waals surface area (Å²) in [7, 11) is 0. The molecule has 0 unspecified atom stereocenters. The number of thiophene rings is 4. The molecule has 0 saturated heterocycles. The lowest BCUT2D eigenvalue weighted by molar-refractivity contribution is 0.0395. The second kappa shape index (κ2) is 55.8. The Bertz CT molecular complexity index is 3040. The zero-order chi connectivity index (χ0) is 76.7. The highest BCUT2D eigenvalue weighted by atomic mass is 79.9. The van der Waals surface area contributed by atoms with Gasteiger partial charge in [-0.1, -0.05) is 413 Å². The number of benzene rings is 1. The lowest BCUT2D eigenvalue weighted by Crippen LogP contribution is -2.35.